The van der Waals surface area contributed by atoms with Gasteiger partial charge >= 0.3 is 0 Å². The van der Waals surface area contributed by atoms with E-state index in [1.807, 2.05) is 13.8 Å². The molecule has 0 unspecified atom stereocenters. The lowest BCUT2D eigenvalue weighted by molar-refractivity contribution is 0.259. The van der Waals surface area contributed by atoms with Gasteiger partial charge in [0.05, 0.1) is 6.54 Å². The zero-order valence-corrected chi connectivity index (χ0v) is 13.2. The number of hydrogen-bond acceptors (Lipinski definition) is 4. The highest BCUT2D eigenvalue weighted by atomic mass is 32.2. The zero-order valence-electron chi connectivity index (χ0n) is 12.4. The molecule has 1 saturated carbocycles. The fraction of sp³-hybridized carbons (Fsp3) is 0.714. The maximum Gasteiger partial charge on any atom is 0.276 e. The van der Waals surface area contributed by atoms with Gasteiger partial charge in [0.25, 0.3) is 10.0 Å². The van der Waals surface area contributed by atoms with E-state index < -0.39 is 10.0 Å². The molecular formula is C14H24N2O3S. The van der Waals surface area contributed by atoms with Crippen LogP contribution in [0.4, 0.5) is 0 Å². The Labute approximate surface area is 121 Å². The summed E-state index contributed by atoms with van der Waals surface area (Å²) in [6.45, 7) is 5.20. The van der Waals surface area contributed by atoms with Gasteiger partial charge in [0.15, 0.2) is 0 Å². The van der Waals surface area contributed by atoms with Crippen molar-refractivity contribution < 1.29 is 12.8 Å². The minimum absolute atomic E-state index is 0.0416. The van der Waals surface area contributed by atoms with E-state index >= 15 is 0 Å². The molecule has 0 bridgehead atoms. The molecule has 0 aromatic carbocycles. The summed E-state index contributed by atoms with van der Waals surface area (Å²) in [6, 6.07) is 3.60. The SMILES string of the molecule is CC(C)NCc1ccc(S(=O)(=O)N(C)CC2CCC2)o1. The molecular weight excluding hydrogens is 276 g/mol. The van der Waals surface area contributed by atoms with Crippen LogP contribution >= 0.6 is 0 Å². The first-order valence-corrected chi connectivity index (χ1v) is 8.62. The van der Waals surface area contributed by atoms with E-state index in [1.165, 1.54) is 10.7 Å². The molecule has 1 aliphatic rings. The molecule has 0 aliphatic heterocycles. The van der Waals surface area contributed by atoms with Crippen LogP contribution in [0.25, 0.3) is 0 Å². The predicted molar refractivity (Wildman–Crippen MR) is 77.8 cm³/mol. The molecule has 0 saturated heterocycles. The van der Waals surface area contributed by atoms with Gasteiger partial charge in [0.1, 0.15) is 5.76 Å². The van der Waals surface area contributed by atoms with Crippen molar-refractivity contribution in [3.63, 3.8) is 0 Å². The fourth-order valence-corrected chi connectivity index (χ4v) is 3.35. The van der Waals surface area contributed by atoms with Gasteiger partial charge in [-0.2, -0.15) is 4.31 Å². The first kappa shape index (κ1) is 15.5. The van der Waals surface area contributed by atoms with Crippen molar-refractivity contribution in [1.29, 1.82) is 0 Å². The van der Waals surface area contributed by atoms with Crippen LogP contribution in [0.5, 0.6) is 0 Å². The molecule has 1 heterocycles. The van der Waals surface area contributed by atoms with Crippen molar-refractivity contribution in [2.24, 2.45) is 5.92 Å². The largest absolute Gasteiger partial charge is 0.447 e. The van der Waals surface area contributed by atoms with E-state index in [1.54, 1.807) is 19.2 Å². The lowest BCUT2D eigenvalue weighted by Gasteiger charge is -2.29. The molecule has 114 valence electrons. The summed E-state index contributed by atoms with van der Waals surface area (Å²) in [5.41, 5.74) is 0. The summed E-state index contributed by atoms with van der Waals surface area (Å²) in [7, 11) is -1.86. The van der Waals surface area contributed by atoms with Crippen LogP contribution in [-0.4, -0.2) is 32.4 Å². The number of nitrogens with one attached hydrogen (secondary N) is 1. The third kappa shape index (κ3) is 3.62. The molecule has 1 aromatic heterocycles. The average molecular weight is 300 g/mol. The highest BCUT2D eigenvalue weighted by Crippen LogP contribution is 2.28. The average Bonchev–Trinajstić information content (AvgIpc) is 2.80. The second kappa shape index (κ2) is 6.28. The van der Waals surface area contributed by atoms with Crippen molar-refractivity contribution in [3.05, 3.63) is 17.9 Å². The lowest BCUT2D eigenvalue weighted by atomic mass is 9.86. The molecule has 1 aromatic rings. The summed E-state index contributed by atoms with van der Waals surface area (Å²) in [4.78, 5) is 0. The number of hydrogen-bond donors (Lipinski definition) is 1. The van der Waals surface area contributed by atoms with Crippen LogP contribution in [0, 0.1) is 5.92 Å². The Balaban J connectivity index is 2.01. The topological polar surface area (TPSA) is 62.6 Å². The van der Waals surface area contributed by atoms with Gasteiger partial charge in [-0.25, -0.2) is 8.42 Å². The highest BCUT2D eigenvalue weighted by molar-refractivity contribution is 7.89. The Morgan fingerprint density at radius 3 is 2.65 bits per heavy atom. The summed E-state index contributed by atoms with van der Waals surface area (Å²) in [6.07, 6.45) is 3.47. The third-order valence-electron chi connectivity index (χ3n) is 3.73. The molecule has 20 heavy (non-hydrogen) atoms. The van der Waals surface area contributed by atoms with Crippen molar-refractivity contribution >= 4 is 10.0 Å². The van der Waals surface area contributed by atoms with E-state index in [2.05, 4.69) is 5.32 Å². The quantitative estimate of drug-likeness (QED) is 0.838. The van der Waals surface area contributed by atoms with Crippen LogP contribution < -0.4 is 5.32 Å². The van der Waals surface area contributed by atoms with Crippen LogP contribution in [0.3, 0.4) is 0 Å². The molecule has 5 nitrogen and oxygen atoms in total. The predicted octanol–water partition coefficient (Wildman–Crippen LogP) is 2.20. The number of rotatable bonds is 7. The van der Waals surface area contributed by atoms with E-state index in [-0.39, 0.29) is 5.09 Å². The van der Waals surface area contributed by atoms with Gasteiger partial charge in [-0.05, 0) is 30.9 Å². The first-order valence-electron chi connectivity index (χ1n) is 7.18. The first-order chi connectivity index (χ1) is 9.39. The van der Waals surface area contributed by atoms with E-state index in [9.17, 15) is 8.42 Å². The van der Waals surface area contributed by atoms with Gasteiger partial charge in [0.2, 0.25) is 5.09 Å². The van der Waals surface area contributed by atoms with Crippen molar-refractivity contribution in [1.82, 2.24) is 9.62 Å². The monoisotopic (exact) mass is 300 g/mol. The molecule has 0 atom stereocenters. The Bertz CT molecular complexity index is 532. The van der Waals surface area contributed by atoms with E-state index in [4.69, 9.17) is 4.42 Å². The van der Waals surface area contributed by atoms with Crippen LogP contribution in [0.15, 0.2) is 21.6 Å². The minimum Gasteiger partial charge on any atom is -0.447 e. The molecule has 1 N–H and O–H groups in total. The number of sulfonamides is 1. The molecule has 0 radical (unpaired) electrons. The summed E-state index contributed by atoms with van der Waals surface area (Å²) in [5, 5.41) is 3.25. The molecule has 1 aliphatic carbocycles. The molecule has 0 amide bonds. The van der Waals surface area contributed by atoms with Crippen LogP contribution in [-0.2, 0) is 16.6 Å². The molecule has 2 rings (SSSR count). The van der Waals surface area contributed by atoms with Crippen molar-refractivity contribution in [3.8, 4) is 0 Å². The van der Waals surface area contributed by atoms with E-state index in [0.717, 1.165) is 12.8 Å². The summed E-state index contributed by atoms with van der Waals surface area (Å²) in [5.74, 6) is 1.15. The molecule has 1 fully saturated rings. The summed E-state index contributed by atoms with van der Waals surface area (Å²) >= 11 is 0. The zero-order chi connectivity index (χ0) is 14.8. The Morgan fingerprint density at radius 1 is 1.40 bits per heavy atom. The summed E-state index contributed by atoms with van der Waals surface area (Å²) < 4.78 is 31.6. The highest BCUT2D eigenvalue weighted by Gasteiger charge is 2.28. The second-order valence-corrected chi connectivity index (χ2v) is 7.81. The van der Waals surface area contributed by atoms with Crippen molar-refractivity contribution in [2.75, 3.05) is 13.6 Å². The number of furan rings is 1. The van der Waals surface area contributed by atoms with Gasteiger partial charge < -0.3 is 9.73 Å². The number of nitrogens with zero attached hydrogens (tertiary/aromatic N) is 1. The van der Waals surface area contributed by atoms with Gasteiger partial charge in [-0.15, -0.1) is 0 Å². The Kier molecular flexibility index (Phi) is 4.88. The smallest absolute Gasteiger partial charge is 0.276 e. The maximum absolute atomic E-state index is 12.4. The molecule has 6 heteroatoms. The van der Waals surface area contributed by atoms with Crippen LogP contribution in [0.1, 0.15) is 38.9 Å². The minimum atomic E-state index is -3.49. The van der Waals surface area contributed by atoms with E-state index in [0.29, 0.717) is 30.8 Å². The molecule has 0 spiro atoms. The Hall–Kier alpha value is -0.850. The fourth-order valence-electron chi connectivity index (χ4n) is 2.19. The van der Waals surface area contributed by atoms with Crippen molar-refractivity contribution in [2.45, 2.75) is 50.8 Å². The third-order valence-corrected chi connectivity index (χ3v) is 5.42. The standard InChI is InChI=1S/C14H24N2O3S/c1-11(2)15-9-13-7-8-14(19-13)20(17,18)16(3)10-12-5-4-6-12/h7-8,11-12,15H,4-6,9-10H2,1-3H3. The lowest BCUT2D eigenvalue weighted by Crippen LogP contribution is -2.34. The Morgan fingerprint density at radius 2 is 2.10 bits per heavy atom. The van der Waals surface area contributed by atoms with Crippen LogP contribution in [0.2, 0.25) is 0 Å². The second-order valence-electron chi connectivity index (χ2n) is 5.84. The normalized spacial score (nSPS) is 16.9. The van der Waals surface area contributed by atoms with Gasteiger partial charge in [0, 0.05) is 19.6 Å². The van der Waals surface area contributed by atoms with Gasteiger partial charge in [-0.3, -0.25) is 0 Å². The maximum atomic E-state index is 12.4. The van der Waals surface area contributed by atoms with Gasteiger partial charge in [-0.1, -0.05) is 20.3 Å².